The third kappa shape index (κ3) is 4.30. The summed E-state index contributed by atoms with van der Waals surface area (Å²) in [5.74, 6) is 3.25. The average molecular weight is 252 g/mol. The molecule has 0 bridgehead atoms. The van der Waals surface area contributed by atoms with Gasteiger partial charge in [0.2, 0.25) is 0 Å². The second-order valence-corrected chi connectivity index (χ2v) is 4.31. The standard InChI is InChI=1S/C14H18ClNO/c1-3-5-9-17-14-11(10-12(16)4-2)7-6-8-13(14)15/h1,6-8,12H,4-5,9-10,16H2,2H3. The summed E-state index contributed by atoms with van der Waals surface area (Å²) < 4.78 is 5.62. The zero-order valence-corrected chi connectivity index (χ0v) is 10.8. The Morgan fingerprint density at radius 3 is 2.94 bits per heavy atom. The molecule has 3 heteroatoms. The van der Waals surface area contributed by atoms with Crippen molar-refractivity contribution in [1.82, 2.24) is 0 Å². The molecule has 17 heavy (non-hydrogen) atoms. The lowest BCUT2D eigenvalue weighted by Gasteiger charge is -2.15. The maximum atomic E-state index is 6.12. The molecule has 0 saturated carbocycles. The predicted octanol–water partition coefficient (Wildman–Crippen LogP) is 3.02. The molecule has 0 fully saturated rings. The van der Waals surface area contributed by atoms with E-state index in [1.165, 1.54) is 0 Å². The molecule has 1 aromatic rings. The van der Waals surface area contributed by atoms with E-state index in [1.54, 1.807) is 0 Å². The summed E-state index contributed by atoms with van der Waals surface area (Å²) >= 11 is 6.12. The van der Waals surface area contributed by atoms with E-state index in [-0.39, 0.29) is 6.04 Å². The highest BCUT2D eigenvalue weighted by Crippen LogP contribution is 2.29. The van der Waals surface area contributed by atoms with Gasteiger partial charge in [-0.25, -0.2) is 0 Å². The van der Waals surface area contributed by atoms with Crippen molar-refractivity contribution in [2.24, 2.45) is 5.73 Å². The van der Waals surface area contributed by atoms with Gasteiger partial charge in [-0.15, -0.1) is 12.3 Å². The smallest absolute Gasteiger partial charge is 0.141 e. The second kappa shape index (κ2) is 7.21. The Kier molecular flexibility index (Phi) is 5.90. The van der Waals surface area contributed by atoms with E-state index in [0.29, 0.717) is 23.8 Å². The van der Waals surface area contributed by atoms with Gasteiger partial charge in [0.25, 0.3) is 0 Å². The van der Waals surface area contributed by atoms with Gasteiger partial charge in [0.15, 0.2) is 0 Å². The third-order valence-electron chi connectivity index (χ3n) is 2.55. The van der Waals surface area contributed by atoms with Crippen molar-refractivity contribution in [2.45, 2.75) is 32.2 Å². The van der Waals surface area contributed by atoms with E-state index < -0.39 is 0 Å². The van der Waals surface area contributed by atoms with E-state index in [4.69, 9.17) is 28.5 Å². The molecule has 0 saturated heterocycles. The first-order chi connectivity index (χ1) is 8.19. The molecule has 1 aromatic carbocycles. The van der Waals surface area contributed by atoms with Crippen molar-refractivity contribution in [2.75, 3.05) is 6.61 Å². The van der Waals surface area contributed by atoms with Crippen LogP contribution >= 0.6 is 11.6 Å². The molecular weight excluding hydrogens is 234 g/mol. The molecule has 1 rings (SSSR count). The lowest BCUT2D eigenvalue weighted by atomic mass is 10.0. The molecule has 0 aliphatic rings. The fourth-order valence-electron chi connectivity index (χ4n) is 1.51. The number of benzene rings is 1. The minimum absolute atomic E-state index is 0.128. The Morgan fingerprint density at radius 2 is 2.29 bits per heavy atom. The fraction of sp³-hybridized carbons (Fsp3) is 0.429. The van der Waals surface area contributed by atoms with Crippen LogP contribution in [0.3, 0.4) is 0 Å². The summed E-state index contributed by atoms with van der Waals surface area (Å²) in [5.41, 5.74) is 6.99. The zero-order valence-electron chi connectivity index (χ0n) is 10.1. The van der Waals surface area contributed by atoms with E-state index in [0.717, 1.165) is 18.4 Å². The zero-order chi connectivity index (χ0) is 12.7. The number of halogens is 1. The van der Waals surface area contributed by atoms with Crippen LogP contribution in [0.2, 0.25) is 5.02 Å². The summed E-state index contributed by atoms with van der Waals surface area (Å²) in [4.78, 5) is 0. The molecule has 1 unspecified atom stereocenters. The maximum absolute atomic E-state index is 6.12. The first-order valence-electron chi connectivity index (χ1n) is 5.78. The summed E-state index contributed by atoms with van der Waals surface area (Å²) in [6, 6.07) is 5.84. The molecule has 2 N–H and O–H groups in total. The molecular formula is C14H18ClNO. The number of terminal acetylenes is 1. The van der Waals surface area contributed by atoms with Gasteiger partial charge in [-0.05, 0) is 24.5 Å². The highest BCUT2D eigenvalue weighted by Gasteiger charge is 2.11. The first kappa shape index (κ1) is 13.9. The van der Waals surface area contributed by atoms with Crippen LogP contribution in [0, 0.1) is 12.3 Å². The number of hydrogen-bond acceptors (Lipinski definition) is 2. The number of rotatable bonds is 6. The predicted molar refractivity (Wildman–Crippen MR) is 72.4 cm³/mol. The summed E-state index contributed by atoms with van der Waals surface area (Å²) in [6.07, 6.45) is 7.46. The van der Waals surface area contributed by atoms with E-state index >= 15 is 0 Å². The molecule has 0 spiro atoms. The number of hydrogen-bond donors (Lipinski definition) is 1. The molecule has 2 nitrogen and oxygen atoms in total. The van der Waals surface area contributed by atoms with Crippen molar-refractivity contribution < 1.29 is 4.74 Å². The number of para-hydroxylation sites is 1. The van der Waals surface area contributed by atoms with Crippen LogP contribution in [-0.2, 0) is 6.42 Å². The first-order valence-corrected chi connectivity index (χ1v) is 6.16. The topological polar surface area (TPSA) is 35.2 Å². The largest absolute Gasteiger partial charge is 0.491 e. The molecule has 0 radical (unpaired) electrons. The van der Waals surface area contributed by atoms with Gasteiger partial charge in [0, 0.05) is 12.5 Å². The Balaban J connectivity index is 2.81. The van der Waals surface area contributed by atoms with Crippen molar-refractivity contribution in [3.63, 3.8) is 0 Å². The number of ether oxygens (including phenoxy) is 1. The summed E-state index contributed by atoms with van der Waals surface area (Å²) in [6.45, 7) is 2.54. The van der Waals surface area contributed by atoms with Crippen molar-refractivity contribution in [1.29, 1.82) is 0 Å². The monoisotopic (exact) mass is 251 g/mol. The lowest BCUT2D eigenvalue weighted by Crippen LogP contribution is -2.21. The van der Waals surface area contributed by atoms with Crippen molar-refractivity contribution in [3.8, 4) is 18.1 Å². The van der Waals surface area contributed by atoms with Gasteiger partial charge in [-0.3, -0.25) is 0 Å². The lowest BCUT2D eigenvalue weighted by molar-refractivity contribution is 0.323. The average Bonchev–Trinajstić information content (AvgIpc) is 2.32. The Hall–Kier alpha value is -1.17. The van der Waals surface area contributed by atoms with Crippen LogP contribution in [0.4, 0.5) is 0 Å². The van der Waals surface area contributed by atoms with Crippen LogP contribution in [-0.4, -0.2) is 12.6 Å². The van der Waals surface area contributed by atoms with Crippen molar-refractivity contribution >= 4 is 11.6 Å². The molecule has 0 aliphatic carbocycles. The van der Waals surface area contributed by atoms with Gasteiger partial charge < -0.3 is 10.5 Å². The maximum Gasteiger partial charge on any atom is 0.141 e. The van der Waals surface area contributed by atoms with E-state index in [1.807, 2.05) is 18.2 Å². The van der Waals surface area contributed by atoms with Crippen molar-refractivity contribution in [3.05, 3.63) is 28.8 Å². The van der Waals surface area contributed by atoms with Gasteiger partial charge in [-0.2, -0.15) is 0 Å². The quantitative estimate of drug-likeness (QED) is 0.623. The van der Waals surface area contributed by atoms with Gasteiger partial charge >= 0.3 is 0 Å². The minimum atomic E-state index is 0.128. The van der Waals surface area contributed by atoms with Crippen LogP contribution in [0.25, 0.3) is 0 Å². The normalized spacial score (nSPS) is 11.9. The van der Waals surface area contributed by atoms with E-state index in [2.05, 4.69) is 12.8 Å². The van der Waals surface area contributed by atoms with Gasteiger partial charge in [0.05, 0.1) is 11.6 Å². The number of nitrogens with two attached hydrogens (primary N) is 1. The Labute approximate surface area is 108 Å². The molecule has 1 atom stereocenters. The highest BCUT2D eigenvalue weighted by molar-refractivity contribution is 6.32. The molecule has 0 aliphatic heterocycles. The van der Waals surface area contributed by atoms with E-state index in [9.17, 15) is 0 Å². The highest BCUT2D eigenvalue weighted by atomic mass is 35.5. The SMILES string of the molecule is C#CCCOc1c(Cl)cccc1CC(N)CC. The molecule has 92 valence electrons. The third-order valence-corrected chi connectivity index (χ3v) is 2.85. The molecule has 0 amide bonds. The molecule has 0 aromatic heterocycles. The Morgan fingerprint density at radius 1 is 1.53 bits per heavy atom. The summed E-state index contributed by atoms with van der Waals surface area (Å²) in [7, 11) is 0. The van der Waals surface area contributed by atoms with Crippen LogP contribution < -0.4 is 10.5 Å². The van der Waals surface area contributed by atoms with Crippen LogP contribution in [0.15, 0.2) is 18.2 Å². The molecule has 0 heterocycles. The Bertz CT molecular complexity index is 398. The van der Waals surface area contributed by atoms with Gasteiger partial charge in [-0.1, -0.05) is 30.7 Å². The second-order valence-electron chi connectivity index (χ2n) is 3.90. The minimum Gasteiger partial charge on any atom is -0.491 e. The van der Waals surface area contributed by atoms with Crippen LogP contribution in [0.1, 0.15) is 25.3 Å². The van der Waals surface area contributed by atoms with Crippen LogP contribution in [0.5, 0.6) is 5.75 Å². The fourth-order valence-corrected chi connectivity index (χ4v) is 1.76. The summed E-state index contributed by atoms with van der Waals surface area (Å²) in [5, 5.41) is 0.614. The van der Waals surface area contributed by atoms with Gasteiger partial charge in [0.1, 0.15) is 5.75 Å².